The number of rotatable bonds is 5. The van der Waals surface area contributed by atoms with Gasteiger partial charge in [-0.05, 0) is 67.5 Å². The molecule has 0 fully saturated rings. The molecule has 0 saturated heterocycles. The maximum atomic E-state index is 14.6. The third-order valence-electron chi connectivity index (χ3n) is 8.13. The average molecular weight is 658 g/mol. The van der Waals surface area contributed by atoms with Crippen LogP contribution >= 0.6 is 0 Å². The molecule has 254 valence electrons. The van der Waals surface area contributed by atoms with E-state index in [0.29, 0.717) is 37.9 Å². The van der Waals surface area contributed by atoms with Crippen LogP contribution in [0.2, 0.25) is 0 Å². The molecule has 5 rings (SSSR count). The van der Waals surface area contributed by atoms with Gasteiger partial charge in [0, 0.05) is 31.6 Å². The van der Waals surface area contributed by atoms with Gasteiger partial charge in [-0.2, -0.15) is 0 Å². The number of amides is 5. The molecule has 0 saturated carbocycles. The van der Waals surface area contributed by atoms with E-state index in [2.05, 4.69) is 21.3 Å². The fraction of sp³-hybridized carbons (Fsp3) is 0.378. The molecule has 0 spiro atoms. The largest absolute Gasteiger partial charge is 0.354 e. The molecule has 48 heavy (non-hydrogen) atoms. The molecule has 2 aliphatic rings. The molecule has 0 aromatic heterocycles. The van der Waals surface area contributed by atoms with Gasteiger partial charge in [-0.3, -0.25) is 24.0 Å². The summed E-state index contributed by atoms with van der Waals surface area (Å²) in [6.07, 6.45) is 1.55. The van der Waals surface area contributed by atoms with Crippen molar-refractivity contribution >= 4 is 29.5 Å². The molecular weight excluding hydrogens is 613 g/mol. The van der Waals surface area contributed by atoms with Crippen molar-refractivity contribution in [2.24, 2.45) is 5.92 Å². The predicted octanol–water partition coefficient (Wildman–Crippen LogP) is 3.75. The average Bonchev–Trinajstić information content (AvgIpc) is 3.06. The Labute approximate surface area is 280 Å². The molecule has 0 aliphatic carbocycles. The first kappa shape index (κ1) is 35.8. The maximum Gasteiger partial charge on any atom is 0.257 e. The Morgan fingerprint density at radius 3 is 2.17 bits per heavy atom. The van der Waals surface area contributed by atoms with Gasteiger partial charge < -0.3 is 26.2 Å². The van der Waals surface area contributed by atoms with Crippen LogP contribution < -0.4 is 21.3 Å². The van der Waals surface area contributed by atoms with Crippen LogP contribution in [-0.2, 0) is 27.3 Å². The van der Waals surface area contributed by atoms with Crippen molar-refractivity contribution in [1.82, 2.24) is 26.2 Å². The summed E-state index contributed by atoms with van der Waals surface area (Å²) >= 11 is 0. The molecule has 0 unspecified atom stereocenters. The lowest BCUT2D eigenvalue weighted by Crippen LogP contribution is -2.57. The number of hydrogen-bond donors (Lipinski definition) is 4. The van der Waals surface area contributed by atoms with Crippen molar-refractivity contribution in [2.45, 2.75) is 71.1 Å². The third-order valence-corrected chi connectivity index (χ3v) is 8.13. The van der Waals surface area contributed by atoms with Gasteiger partial charge in [-0.1, -0.05) is 68.4 Å². The third kappa shape index (κ3) is 10.2. The molecule has 10 nitrogen and oxygen atoms in total. The van der Waals surface area contributed by atoms with Crippen molar-refractivity contribution < 1.29 is 28.4 Å². The number of carbonyl (C=O) groups excluding carboxylic acids is 5. The minimum absolute atomic E-state index is 0.0459. The van der Waals surface area contributed by atoms with E-state index in [1.165, 1.54) is 23.1 Å². The zero-order valence-corrected chi connectivity index (χ0v) is 27.6. The molecular formula is C37H44FN5O5. The van der Waals surface area contributed by atoms with Gasteiger partial charge in [0.25, 0.3) is 11.8 Å². The summed E-state index contributed by atoms with van der Waals surface area (Å²) in [4.78, 5) is 68.3. The molecule has 3 aromatic rings. The number of carbonyl (C=O) groups is 5. The van der Waals surface area contributed by atoms with Gasteiger partial charge in [0.1, 0.15) is 23.9 Å². The summed E-state index contributed by atoms with van der Waals surface area (Å²) in [6.45, 7) is 6.18. The first-order chi connectivity index (χ1) is 23.0. The Balaban J connectivity index is 1.63. The molecule has 3 atom stereocenters. The van der Waals surface area contributed by atoms with Gasteiger partial charge in [-0.25, -0.2) is 4.39 Å². The molecule has 5 amide bonds. The van der Waals surface area contributed by atoms with Crippen molar-refractivity contribution in [3.63, 3.8) is 0 Å². The van der Waals surface area contributed by atoms with E-state index in [1.807, 2.05) is 44.2 Å². The Hall–Kier alpha value is -5.06. The maximum absolute atomic E-state index is 14.6. The highest BCUT2D eigenvalue weighted by Gasteiger charge is 2.30. The van der Waals surface area contributed by atoms with Gasteiger partial charge in [0.05, 0.1) is 5.56 Å². The summed E-state index contributed by atoms with van der Waals surface area (Å²) in [6, 6.07) is 18.9. The molecule has 11 heteroatoms. The first-order valence-corrected chi connectivity index (χ1v) is 16.4. The number of fused-ring (bicyclic) bond motifs is 18. The Kier molecular flexibility index (Phi) is 12.8. The molecule has 3 aromatic carbocycles. The van der Waals surface area contributed by atoms with Crippen LogP contribution in [0.3, 0.4) is 0 Å². The number of benzene rings is 3. The van der Waals surface area contributed by atoms with Crippen LogP contribution in [-0.4, -0.2) is 65.7 Å². The molecule has 2 heterocycles. The number of hydrogen-bond acceptors (Lipinski definition) is 5. The number of halogens is 1. The topological polar surface area (TPSA) is 137 Å². The predicted molar refractivity (Wildman–Crippen MR) is 180 cm³/mol. The lowest BCUT2D eigenvalue weighted by Gasteiger charge is -2.25. The number of nitrogens with zero attached hydrogens (tertiary/aromatic N) is 1. The summed E-state index contributed by atoms with van der Waals surface area (Å²) in [5, 5.41) is 11.2. The van der Waals surface area contributed by atoms with E-state index in [1.54, 1.807) is 37.3 Å². The zero-order chi connectivity index (χ0) is 34.6. The van der Waals surface area contributed by atoms with E-state index < -0.39 is 53.5 Å². The fourth-order valence-corrected chi connectivity index (χ4v) is 5.49. The van der Waals surface area contributed by atoms with E-state index in [-0.39, 0.29) is 24.4 Å². The van der Waals surface area contributed by atoms with Crippen LogP contribution in [0.4, 0.5) is 4.39 Å². The van der Waals surface area contributed by atoms with E-state index in [4.69, 9.17) is 0 Å². The standard InChI is InChI=1S/C37H44FN5O5/c1-24(2)21-31-35(46)40-25(3)33(44)39-19-9-10-20-43(37(48)29-13-7-8-14-30(29)38)23-27-15-17-28(18-16-27)34(45)41-32(36(47)42-31)22-26-11-5-4-6-12-26/h4-8,11-18,24-25,31-32H,9-10,19-23H2,1-3H3,(H,39,44)(H,40,46)(H,41,45)(H,42,47)/t25-,31+,32-/m1/s1. The second-order valence-electron chi connectivity index (χ2n) is 12.5. The van der Waals surface area contributed by atoms with E-state index in [9.17, 15) is 28.4 Å². The van der Waals surface area contributed by atoms with Gasteiger partial charge >= 0.3 is 0 Å². The van der Waals surface area contributed by atoms with Crippen molar-refractivity contribution in [3.8, 4) is 0 Å². The van der Waals surface area contributed by atoms with Gasteiger partial charge in [0.2, 0.25) is 17.7 Å². The second-order valence-corrected chi connectivity index (χ2v) is 12.5. The highest BCUT2D eigenvalue weighted by Crippen LogP contribution is 2.16. The van der Waals surface area contributed by atoms with Crippen LogP contribution in [0.15, 0.2) is 78.9 Å². The SMILES string of the molecule is CC(C)C[C@@H]1NC(=O)[C@@H](Cc2ccccc2)NC(=O)c2ccc(cc2)CN(C(=O)c2ccccc2F)CCCCNC(=O)[C@@H](C)NC1=O. The monoisotopic (exact) mass is 657 g/mol. The van der Waals surface area contributed by atoms with Crippen molar-refractivity contribution in [2.75, 3.05) is 13.1 Å². The summed E-state index contributed by atoms with van der Waals surface area (Å²) in [7, 11) is 0. The Morgan fingerprint density at radius 1 is 0.812 bits per heavy atom. The highest BCUT2D eigenvalue weighted by molar-refractivity contribution is 5.99. The minimum Gasteiger partial charge on any atom is -0.354 e. The zero-order valence-electron chi connectivity index (χ0n) is 27.6. The van der Waals surface area contributed by atoms with Gasteiger partial charge in [-0.15, -0.1) is 0 Å². The first-order valence-electron chi connectivity index (χ1n) is 16.4. The molecule has 0 radical (unpaired) electrons. The lowest BCUT2D eigenvalue weighted by atomic mass is 10.0. The number of nitrogens with one attached hydrogen (secondary N) is 4. The normalized spacial score (nSPS) is 20.3. The van der Waals surface area contributed by atoms with Crippen LogP contribution in [0.5, 0.6) is 0 Å². The fourth-order valence-electron chi connectivity index (χ4n) is 5.49. The lowest BCUT2D eigenvalue weighted by molar-refractivity contribution is -0.132. The van der Waals surface area contributed by atoms with Crippen LogP contribution in [0.1, 0.15) is 71.9 Å². The Bertz CT molecular complexity index is 1580. The van der Waals surface area contributed by atoms with E-state index in [0.717, 1.165) is 11.1 Å². The second kappa shape index (κ2) is 17.2. The Morgan fingerprint density at radius 2 is 1.48 bits per heavy atom. The van der Waals surface area contributed by atoms with Crippen LogP contribution in [0.25, 0.3) is 0 Å². The smallest absolute Gasteiger partial charge is 0.257 e. The quantitative estimate of drug-likeness (QED) is 0.310. The van der Waals surface area contributed by atoms with E-state index >= 15 is 0 Å². The molecule has 2 aliphatic heterocycles. The summed E-state index contributed by atoms with van der Waals surface area (Å²) in [5.41, 5.74) is 1.80. The highest BCUT2D eigenvalue weighted by atomic mass is 19.1. The van der Waals surface area contributed by atoms with Gasteiger partial charge in [0.15, 0.2) is 0 Å². The van der Waals surface area contributed by atoms with Crippen LogP contribution in [0, 0.1) is 11.7 Å². The van der Waals surface area contributed by atoms with Crippen molar-refractivity contribution in [1.29, 1.82) is 0 Å². The molecule has 2 bridgehead atoms. The van der Waals surface area contributed by atoms with Crippen molar-refractivity contribution in [3.05, 3.63) is 107 Å². The minimum atomic E-state index is -1.01. The summed E-state index contributed by atoms with van der Waals surface area (Å²) in [5.74, 6) is -2.96. The molecule has 4 N–H and O–H groups in total. The summed E-state index contributed by atoms with van der Waals surface area (Å²) < 4.78 is 14.6.